The molecule has 1 aromatic heterocycles. The van der Waals surface area contributed by atoms with Gasteiger partial charge < -0.3 is 20.2 Å². The van der Waals surface area contributed by atoms with Crippen LogP contribution in [0.2, 0.25) is 0 Å². The van der Waals surface area contributed by atoms with Crippen LogP contribution in [0.1, 0.15) is 76.1 Å². The molecule has 9 nitrogen and oxygen atoms in total. The van der Waals surface area contributed by atoms with Crippen molar-refractivity contribution in [3.8, 4) is 0 Å². The summed E-state index contributed by atoms with van der Waals surface area (Å²) >= 11 is 0. The lowest BCUT2D eigenvalue weighted by Crippen LogP contribution is -2.57. The second-order valence-electron chi connectivity index (χ2n) is 12.3. The summed E-state index contributed by atoms with van der Waals surface area (Å²) < 4.78 is 1.66. The lowest BCUT2D eigenvalue weighted by Gasteiger charge is -2.43. The molecular formula is C28H40N6O3. The van der Waals surface area contributed by atoms with Gasteiger partial charge in [-0.05, 0) is 43.7 Å². The lowest BCUT2D eigenvalue weighted by atomic mass is 9.80. The Bertz CT molecular complexity index is 1110. The van der Waals surface area contributed by atoms with Gasteiger partial charge in [0.05, 0.1) is 17.3 Å². The van der Waals surface area contributed by atoms with Gasteiger partial charge in [-0.3, -0.25) is 9.59 Å². The lowest BCUT2D eigenvalue weighted by molar-refractivity contribution is -0.145. The quantitative estimate of drug-likeness (QED) is 0.621. The van der Waals surface area contributed by atoms with E-state index in [1.54, 1.807) is 9.58 Å². The average molecular weight is 509 g/mol. The van der Waals surface area contributed by atoms with Crippen molar-refractivity contribution in [3.05, 3.63) is 47.8 Å². The summed E-state index contributed by atoms with van der Waals surface area (Å²) in [4.78, 5) is 31.8. The molecule has 200 valence electrons. The third kappa shape index (κ3) is 5.29. The number of aliphatic hydroxyl groups excluding tert-OH is 1. The number of aliphatic hydroxyl groups is 1. The molecule has 3 fully saturated rings. The van der Waals surface area contributed by atoms with Crippen LogP contribution in [0.5, 0.6) is 0 Å². The minimum absolute atomic E-state index is 0.134. The fourth-order valence-corrected chi connectivity index (χ4v) is 5.89. The molecule has 1 saturated carbocycles. The maximum Gasteiger partial charge on any atom is 0.248 e. The molecule has 0 spiro atoms. The van der Waals surface area contributed by atoms with E-state index in [4.69, 9.17) is 0 Å². The van der Waals surface area contributed by atoms with Crippen molar-refractivity contribution in [1.82, 2.24) is 30.1 Å². The zero-order valence-electron chi connectivity index (χ0n) is 22.4. The summed E-state index contributed by atoms with van der Waals surface area (Å²) in [5, 5.41) is 22.6. The van der Waals surface area contributed by atoms with E-state index in [1.807, 2.05) is 45.2 Å². The Morgan fingerprint density at radius 3 is 2.43 bits per heavy atom. The van der Waals surface area contributed by atoms with Crippen LogP contribution in [0, 0.1) is 5.41 Å². The molecule has 0 unspecified atom stereocenters. The van der Waals surface area contributed by atoms with Gasteiger partial charge in [-0.1, -0.05) is 56.3 Å². The first-order valence-electron chi connectivity index (χ1n) is 13.5. The van der Waals surface area contributed by atoms with Gasteiger partial charge in [-0.25, -0.2) is 4.68 Å². The van der Waals surface area contributed by atoms with E-state index in [0.29, 0.717) is 5.92 Å². The van der Waals surface area contributed by atoms with E-state index in [0.717, 1.165) is 50.0 Å². The first kappa shape index (κ1) is 25.9. The summed E-state index contributed by atoms with van der Waals surface area (Å²) in [7, 11) is 2.09. The Labute approximate surface area is 219 Å². The number of piperidine rings is 1. The molecule has 2 aliphatic heterocycles. The number of rotatable bonds is 6. The number of amides is 2. The van der Waals surface area contributed by atoms with E-state index in [9.17, 15) is 14.7 Å². The van der Waals surface area contributed by atoms with Crippen molar-refractivity contribution < 1.29 is 14.7 Å². The van der Waals surface area contributed by atoms with Crippen molar-refractivity contribution in [1.29, 1.82) is 0 Å². The van der Waals surface area contributed by atoms with Gasteiger partial charge in [0.15, 0.2) is 0 Å². The number of nitrogens with one attached hydrogen (secondary N) is 1. The Kier molecular flexibility index (Phi) is 6.87. The summed E-state index contributed by atoms with van der Waals surface area (Å²) in [5.74, 6) is 0.0251. The number of aromatic nitrogens is 3. The topological polar surface area (TPSA) is 104 Å². The summed E-state index contributed by atoms with van der Waals surface area (Å²) in [5.41, 5.74) is 1.04. The average Bonchev–Trinajstić information content (AvgIpc) is 3.47. The van der Waals surface area contributed by atoms with E-state index >= 15 is 0 Å². The molecular weight excluding hydrogens is 468 g/mol. The van der Waals surface area contributed by atoms with E-state index < -0.39 is 29.1 Å². The highest BCUT2D eigenvalue weighted by molar-refractivity contribution is 5.90. The van der Waals surface area contributed by atoms with Crippen molar-refractivity contribution in [2.45, 2.75) is 82.5 Å². The molecule has 2 saturated heterocycles. The van der Waals surface area contributed by atoms with Crippen LogP contribution < -0.4 is 5.32 Å². The molecule has 0 bridgehead atoms. The summed E-state index contributed by atoms with van der Waals surface area (Å²) in [6.07, 6.45) is 5.15. The zero-order valence-corrected chi connectivity index (χ0v) is 22.4. The number of hydrogen-bond acceptors (Lipinski definition) is 6. The Balaban J connectivity index is 1.40. The SMILES string of the molecule is CN1CCC(NC(=O)[C@@H]2C[C@@H](O)CN2C(=O)[C@@H](n2cc(C3CC3)nn2)C(C)(C)C)(c2ccccc2)CC1. The highest BCUT2D eigenvalue weighted by Crippen LogP contribution is 2.40. The van der Waals surface area contributed by atoms with Crippen LogP contribution in [0.4, 0.5) is 0 Å². The number of β-amino-alcohol motifs (C(OH)–C–C–N with tert-alkyl or cyclic N) is 1. The molecule has 2 amide bonds. The molecule has 1 aromatic carbocycles. The van der Waals surface area contributed by atoms with Gasteiger partial charge in [0, 0.05) is 38.2 Å². The predicted molar refractivity (Wildman–Crippen MR) is 140 cm³/mol. The number of nitrogens with zero attached hydrogens (tertiary/aromatic N) is 5. The van der Waals surface area contributed by atoms with E-state index in [1.165, 1.54) is 0 Å². The fourth-order valence-electron chi connectivity index (χ4n) is 5.89. The maximum atomic E-state index is 14.1. The van der Waals surface area contributed by atoms with E-state index in [-0.39, 0.29) is 24.8 Å². The fraction of sp³-hybridized carbons (Fsp3) is 0.643. The van der Waals surface area contributed by atoms with Gasteiger partial charge in [0.2, 0.25) is 11.8 Å². The van der Waals surface area contributed by atoms with Crippen LogP contribution in [-0.4, -0.2) is 80.5 Å². The predicted octanol–water partition coefficient (Wildman–Crippen LogP) is 2.44. The Morgan fingerprint density at radius 1 is 1.14 bits per heavy atom. The Hall–Kier alpha value is -2.78. The van der Waals surface area contributed by atoms with Crippen LogP contribution in [0.25, 0.3) is 0 Å². The smallest absolute Gasteiger partial charge is 0.248 e. The molecule has 3 aliphatic rings. The molecule has 5 rings (SSSR count). The van der Waals surface area contributed by atoms with Crippen LogP contribution in [0.3, 0.4) is 0 Å². The molecule has 3 atom stereocenters. The van der Waals surface area contributed by atoms with Gasteiger partial charge in [-0.15, -0.1) is 5.10 Å². The molecule has 0 radical (unpaired) electrons. The largest absolute Gasteiger partial charge is 0.391 e. The second kappa shape index (κ2) is 9.83. The maximum absolute atomic E-state index is 14.1. The third-order valence-electron chi connectivity index (χ3n) is 8.24. The molecule has 1 aliphatic carbocycles. The second-order valence-corrected chi connectivity index (χ2v) is 12.3. The van der Waals surface area contributed by atoms with Crippen molar-refractivity contribution in [2.75, 3.05) is 26.7 Å². The monoisotopic (exact) mass is 508 g/mol. The number of hydrogen-bond donors (Lipinski definition) is 2. The van der Waals surface area contributed by atoms with Crippen molar-refractivity contribution in [3.63, 3.8) is 0 Å². The molecule has 2 aromatic rings. The van der Waals surface area contributed by atoms with Gasteiger partial charge in [0.1, 0.15) is 12.1 Å². The number of likely N-dealkylation sites (tertiary alicyclic amines) is 2. The van der Waals surface area contributed by atoms with Crippen LogP contribution in [0.15, 0.2) is 36.5 Å². The summed E-state index contributed by atoms with van der Waals surface area (Å²) in [6.45, 7) is 7.87. The molecule has 2 N–H and O–H groups in total. The van der Waals surface area contributed by atoms with Gasteiger partial charge >= 0.3 is 0 Å². The number of carbonyl (C=O) groups is 2. The third-order valence-corrected chi connectivity index (χ3v) is 8.24. The van der Waals surface area contributed by atoms with Crippen molar-refractivity contribution in [2.24, 2.45) is 5.41 Å². The minimum Gasteiger partial charge on any atom is -0.391 e. The zero-order chi connectivity index (χ0) is 26.4. The summed E-state index contributed by atoms with van der Waals surface area (Å²) in [6, 6.07) is 8.74. The van der Waals surface area contributed by atoms with Gasteiger partial charge in [0.25, 0.3) is 0 Å². The molecule has 9 heteroatoms. The highest BCUT2D eigenvalue weighted by atomic mass is 16.3. The number of benzene rings is 1. The first-order valence-corrected chi connectivity index (χ1v) is 13.5. The van der Waals surface area contributed by atoms with Gasteiger partial charge in [-0.2, -0.15) is 0 Å². The van der Waals surface area contributed by atoms with Crippen molar-refractivity contribution >= 4 is 11.8 Å². The Morgan fingerprint density at radius 2 is 1.81 bits per heavy atom. The number of carbonyl (C=O) groups excluding carboxylic acids is 2. The molecule has 3 heterocycles. The van der Waals surface area contributed by atoms with Crippen LogP contribution >= 0.6 is 0 Å². The van der Waals surface area contributed by atoms with E-state index in [2.05, 4.69) is 39.7 Å². The van der Waals surface area contributed by atoms with Crippen LogP contribution in [-0.2, 0) is 15.1 Å². The standard InChI is InChI=1S/C28H40N6O3/c1-27(2,3)24(34-18-22(30-31-34)19-10-11-19)26(37)33-17-21(35)16-23(33)25(36)29-28(12-14-32(4)15-13-28)20-8-6-5-7-9-20/h5-9,18-19,21,23-24,35H,10-17H2,1-4H3,(H,29,36)/t21-,23+,24-/m1/s1. The molecule has 37 heavy (non-hydrogen) atoms. The normalized spacial score (nSPS) is 25.2. The highest BCUT2D eigenvalue weighted by Gasteiger charge is 2.47. The first-order chi connectivity index (χ1) is 17.6. The minimum atomic E-state index is -0.747.